The Kier molecular flexibility index (Phi) is 6.46. The van der Waals surface area contributed by atoms with E-state index in [1.807, 2.05) is 63.2 Å². The molecule has 0 aliphatic heterocycles. The van der Waals surface area contributed by atoms with Crippen molar-refractivity contribution in [2.24, 2.45) is 5.10 Å². The van der Waals surface area contributed by atoms with Gasteiger partial charge in [-0.1, -0.05) is 30.3 Å². The number of anilines is 1. The van der Waals surface area contributed by atoms with E-state index in [9.17, 15) is 9.59 Å². The van der Waals surface area contributed by atoms with E-state index < -0.39 is 0 Å². The fourth-order valence-electron chi connectivity index (χ4n) is 2.23. The van der Waals surface area contributed by atoms with E-state index in [0.29, 0.717) is 0 Å². The predicted molar refractivity (Wildman–Crippen MR) is 101 cm³/mol. The summed E-state index contributed by atoms with van der Waals surface area (Å²) in [4.78, 5) is 23.7. The van der Waals surface area contributed by atoms with Gasteiger partial charge < -0.3 is 5.32 Å². The lowest BCUT2D eigenvalue weighted by Crippen LogP contribution is -2.20. The van der Waals surface area contributed by atoms with Gasteiger partial charge in [-0.15, -0.1) is 0 Å². The van der Waals surface area contributed by atoms with Gasteiger partial charge in [-0.25, -0.2) is 5.43 Å². The van der Waals surface area contributed by atoms with Crippen molar-refractivity contribution >= 4 is 23.7 Å². The number of benzene rings is 2. The number of carbonyl (C=O) groups is 2. The summed E-state index contributed by atoms with van der Waals surface area (Å²) in [5.74, 6) is -0.485. The van der Waals surface area contributed by atoms with Crippen molar-refractivity contribution in [1.82, 2.24) is 5.43 Å². The van der Waals surface area contributed by atoms with Crippen molar-refractivity contribution < 1.29 is 9.59 Å². The summed E-state index contributed by atoms with van der Waals surface area (Å²) >= 11 is 0. The highest BCUT2D eigenvalue weighted by atomic mass is 16.2. The average molecular weight is 337 g/mol. The molecule has 2 amide bonds. The third kappa shape index (κ3) is 5.88. The average Bonchev–Trinajstić information content (AvgIpc) is 2.58. The molecule has 0 spiro atoms. The highest BCUT2D eigenvalue weighted by Gasteiger charge is 2.07. The monoisotopic (exact) mass is 337 g/mol. The van der Waals surface area contributed by atoms with Crippen LogP contribution in [0.2, 0.25) is 0 Å². The maximum Gasteiger partial charge on any atom is 0.240 e. The second-order valence-electron chi connectivity index (χ2n) is 6.00. The first-order chi connectivity index (χ1) is 12.0. The summed E-state index contributed by atoms with van der Waals surface area (Å²) in [6.07, 6.45) is 1.79. The van der Waals surface area contributed by atoms with Gasteiger partial charge in [-0.2, -0.15) is 5.10 Å². The van der Waals surface area contributed by atoms with E-state index in [1.54, 1.807) is 6.21 Å². The van der Waals surface area contributed by atoms with Gasteiger partial charge in [0.1, 0.15) is 0 Å². The standard InChI is InChI=1S/C20H23N3O2/c1-14-8-9-18(12-16(14)3)22-19(24)10-11-20(25)23-21-13-17-7-5-4-6-15(17)2/h4-9,12-13H,10-11H2,1-3H3,(H,22,24)(H,23,25)/b21-13+. The number of aryl methyl sites for hydroxylation is 3. The Hall–Kier alpha value is -2.95. The number of rotatable bonds is 6. The lowest BCUT2D eigenvalue weighted by Gasteiger charge is -2.07. The number of amides is 2. The Morgan fingerprint density at radius 2 is 1.64 bits per heavy atom. The highest BCUT2D eigenvalue weighted by Crippen LogP contribution is 2.14. The Morgan fingerprint density at radius 1 is 0.920 bits per heavy atom. The SMILES string of the molecule is Cc1ccc(NC(=O)CCC(=O)N/N=C/c2ccccc2C)cc1C. The molecule has 25 heavy (non-hydrogen) atoms. The van der Waals surface area contributed by atoms with E-state index in [2.05, 4.69) is 15.8 Å². The molecular weight excluding hydrogens is 314 g/mol. The number of nitrogens with zero attached hydrogens (tertiary/aromatic N) is 1. The van der Waals surface area contributed by atoms with Crippen LogP contribution in [-0.4, -0.2) is 18.0 Å². The largest absolute Gasteiger partial charge is 0.326 e. The van der Waals surface area contributed by atoms with Crippen LogP contribution >= 0.6 is 0 Å². The first-order valence-corrected chi connectivity index (χ1v) is 8.20. The molecule has 0 aliphatic carbocycles. The topological polar surface area (TPSA) is 70.6 Å². The van der Waals surface area contributed by atoms with Gasteiger partial charge in [0.25, 0.3) is 0 Å². The summed E-state index contributed by atoms with van der Waals surface area (Å²) in [5, 5.41) is 6.73. The second-order valence-corrected chi connectivity index (χ2v) is 6.00. The van der Waals surface area contributed by atoms with E-state index in [0.717, 1.165) is 22.4 Å². The van der Waals surface area contributed by atoms with Crippen LogP contribution in [0.15, 0.2) is 47.6 Å². The van der Waals surface area contributed by atoms with Gasteiger partial charge in [0.05, 0.1) is 6.21 Å². The van der Waals surface area contributed by atoms with Gasteiger partial charge in [0.15, 0.2) is 0 Å². The summed E-state index contributed by atoms with van der Waals surface area (Å²) < 4.78 is 0. The maximum atomic E-state index is 11.9. The molecule has 0 radical (unpaired) electrons. The zero-order valence-electron chi connectivity index (χ0n) is 14.8. The van der Waals surface area contributed by atoms with Gasteiger partial charge >= 0.3 is 0 Å². The molecule has 2 aromatic carbocycles. The molecule has 2 rings (SSSR count). The molecule has 0 bridgehead atoms. The molecular formula is C20H23N3O2. The lowest BCUT2D eigenvalue weighted by molar-refractivity contribution is -0.124. The van der Waals surface area contributed by atoms with E-state index >= 15 is 0 Å². The Labute approximate surface area is 148 Å². The predicted octanol–water partition coefficient (Wildman–Crippen LogP) is 3.48. The highest BCUT2D eigenvalue weighted by molar-refractivity contribution is 5.93. The minimum Gasteiger partial charge on any atom is -0.326 e. The van der Waals surface area contributed by atoms with Crippen molar-refractivity contribution in [3.05, 3.63) is 64.7 Å². The van der Waals surface area contributed by atoms with Crippen molar-refractivity contribution in [1.29, 1.82) is 0 Å². The van der Waals surface area contributed by atoms with Crippen molar-refractivity contribution in [3.8, 4) is 0 Å². The van der Waals surface area contributed by atoms with Gasteiger partial charge in [0.2, 0.25) is 11.8 Å². The van der Waals surface area contributed by atoms with Crippen LogP contribution in [-0.2, 0) is 9.59 Å². The van der Waals surface area contributed by atoms with Crippen LogP contribution in [0.3, 0.4) is 0 Å². The van der Waals surface area contributed by atoms with Crippen molar-refractivity contribution in [2.75, 3.05) is 5.32 Å². The van der Waals surface area contributed by atoms with Crippen molar-refractivity contribution in [2.45, 2.75) is 33.6 Å². The Balaban J connectivity index is 1.76. The third-order valence-corrected chi connectivity index (χ3v) is 3.95. The minimum atomic E-state index is -0.292. The quantitative estimate of drug-likeness (QED) is 0.626. The first-order valence-electron chi connectivity index (χ1n) is 8.20. The fourth-order valence-corrected chi connectivity index (χ4v) is 2.23. The van der Waals surface area contributed by atoms with Crippen LogP contribution in [0.5, 0.6) is 0 Å². The molecule has 0 saturated carbocycles. The van der Waals surface area contributed by atoms with Crippen molar-refractivity contribution in [3.63, 3.8) is 0 Å². The Morgan fingerprint density at radius 3 is 2.36 bits per heavy atom. The molecule has 2 aromatic rings. The van der Waals surface area contributed by atoms with Crippen LogP contribution < -0.4 is 10.7 Å². The molecule has 0 unspecified atom stereocenters. The molecule has 0 saturated heterocycles. The minimum absolute atomic E-state index is 0.0851. The summed E-state index contributed by atoms with van der Waals surface area (Å²) in [6, 6.07) is 13.5. The molecule has 0 aromatic heterocycles. The zero-order chi connectivity index (χ0) is 18.2. The smallest absolute Gasteiger partial charge is 0.240 e. The van der Waals surface area contributed by atoms with Gasteiger partial charge in [0, 0.05) is 18.5 Å². The number of hydrogen-bond acceptors (Lipinski definition) is 3. The van der Waals surface area contributed by atoms with Crippen LogP contribution in [0.1, 0.15) is 35.1 Å². The van der Waals surface area contributed by atoms with E-state index in [-0.39, 0.29) is 24.7 Å². The molecule has 5 nitrogen and oxygen atoms in total. The number of hydrazone groups is 1. The van der Waals surface area contributed by atoms with Crippen LogP contribution in [0.4, 0.5) is 5.69 Å². The number of nitrogens with one attached hydrogen (secondary N) is 2. The zero-order valence-corrected chi connectivity index (χ0v) is 14.8. The first kappa shape index (κ1) is 18.4. The lowest BCUT2D eigenvalue weighted by atomic mass is 10.1. The summed E-state index contributed by atoms with van der Waals surface area (Å²) in [7, 11) is 0. The molecule has 0 aliphatic rings. The van der Waals surface area contributed by atoms with Gasteiger partial charge in [-0.05, 0) is 55.2 Å². The normalized spacial score (nSPS) is 10.7. The Bertz CT molecular complexity index is 797. The molecule has 5 heteroatoms. The van der Waals surface area contributed by atoms with Crippen LogP contribution in [0.25, 0.3) is 0 Å². The fraction of sp³-hybridized carbons (Fsp3) is 0.250. The molecule has 0 heterocycles. The molecule has 130 valence electrons. The van der Waals surface area contributed by atoms with Gasteiger partial charge in [-0.3, -0.25) is 9.59 Å². The third-order valence-electron chi connectivity index (χ3n) is 3.95. The van der Waals surface area contributed by atoms with E-state index in [4.69, 9.17) is 0 Å². The van der Waals surface area contributed by atoms with E-state index in [1.165, 1.54) is 5.56 Å². The summed E-state index contributed by atoms with van der Waals surface area (Å²) in [6.45, 7) is 5.98. The molecule has 0 fully saturated rings. The number of carbonyl (C=O) groups excluding carboxylic acids is 2. The summed E-state index contributed by atoms with van der Waals surface area (Å²) in [5.41, 5.74) is 7.49. The molecule has 0 atom stereocenters. The second kappa shape index (κ2) is 8.78. The molecule has 2 N–H and O–H groups in total. The maximum absolute atomic E-state index is 11.9. The number of hydrogen-bond donors (Lipinski definition) is 2. The van der Waals surface area contributed by atoms with Crippen LogP contribution in [0, 0.1) is 20.8 Å².